The fourth-order valence-electron chi connectivity index (χ4n) is 3.91. The van der Waals surface area contributed by atoms with Crippen molar-refractivity contribution in [2.75, 3.05) is 0 Å². The van der Waals surface area contributed by atoms with Crippen molar-refractivity contribution in [1.29, 1.82) is 0 Å². The van der Waals surface area contributed by atoms with E-state index in [4.69, 9.17) is 10.5 Å². The summed E-state index contributed by atoms with van der Waals surface area (Å²) < 4.78 is 32.1. The molecule has 3 rings (SSSR count). The molecule has 0 bridgehead atoms. The van der Waals surface area contributed by atoms with E-state index in [0.29, 0.717) is 17.5 Å². The minimum Gasteiger partial charge on any atom is -0.388 e. The number of esters is 2. The van der Waals surface area contributed by atoms with Crippen LogP contribution in [0.1, 0.15) is 42.6 Å². The quantitative estimate of drug-likeness (QED) is 0.318. The van der Waals surface area contributed by atoms with Gasteiger partial charge < -0.3 is 10.5 Å². The molecule has 188 valence electrons. The Bertz CT molecular complexity index is 1210. The fourth-order valence-corrected chi connectivity index (χ4v) is 3.91. The zero-order valence-electron chi connectivity index (χ0n) is 20.1. The summed E-state index contributed by atoms with van der Waals surface area (Å²) in [5, 5.41) is 3.19. The smallest absolute Gasteiger partial charge is 0.345 e. The number of halogens is 2. The Balaban J connectivity index is 1.70. The molecule has 3 N–H and O–H groups in total. The molecule has 3 aromatic carbocycles. The van der Waals surface area contributed by atoms with E-state index in [1.54, 1.807) is 0 Å². The van der Waals surface area contributed by atoms with Gasteiger partial charge in [0, 0.05) is 18.0 Å². The van der Waals surface area contributed by atoms with Gasteiger partial charge in [-0.15, -0.1) is 0 Å². The molecule has 0 fully saturated rings. The van der Waals surface area contributed by atoms with Crippen LogP contribution in [0.3, 0.4) is 0 Å². The highest BCUT2D eigenvalue weighted by atomic mass is 19.1. The lowest BCUT2D eigenvalue weighted by Crippen LogP contribution is -2.51. The third kappa shape index (κ3) is 7.81. The van der Waals surface area contributed by atoms with Crippen LogP contribution in [0.4, 0.5) is 8.78 Å². The zero-order valence-corrected chi connectivity index (χ0v) is 20.1. The molecule has 1 amide bonds. The number of rotatable bonds is 10. The Morgan fingerprint density at radius 2 is 1.53 bits per heavy atom. The van der Waals surface area contributed by atoms with Crippen LogP contribution in [-0.2, 0) is 20.7 Å². The lowest BCUT2D eigenvalue weighted by Gasteiger charge is -2.31. The average Bonchev–Trinajstić information content (AvgIpc) is 2.81. The lowest BCUT2D eigenvalue weighted by molar-refractivity contribution is -0.141. The number of amides is 1. The average molecular weight is 495 g/mol. The Morgan fingerprint density at radius 3 is 2.11 bits per heavy atom. The van der Waals surface area contributed by atoms with Gasteiger partial charge in [0.15, 0.2) is 0 Å². The first kappa shape index (κ1) is 26.7. The van der Waals surface area contributed by atoms with Crippen molar-refractivity contribution in [2.24, 2.45) is 5.73 Å². The summed E-state index contributed by atoms with van der Waals surface area (Å²) in [7, 11) is 0. The van der Waals surface area contributed by atoms with Gasteiger partial charge in [-0.05, 0) is 67.6 Å². The first-order valence-corrected chi connectivity index (χ1v) is 11.4. The number of hydrogen-bond donors (Lipinski definition) is 2. The first-order valence-electron chi connectivity index (χ1n) is 11.4. The number of benzene rings is 3. The topological polar surface area (TPSA) is 98.5 Å². The molecule has 0 saturated heterocycles. The van der Waals surface area contributed by atoms with Gasteiger partial charge >= 0.3 is 11.9 Å². The summed E-state index contributed by atoms with van der Waals surface area (Å²) in [5.41, 5.74) is 6.63. The van der Waals surface area contributed by atoms with Crippen LogP contribution in [0.15, 0.2) is 72.8 Å². The number of carbonyl (C=O) groups is 3. The van der Waals surface area contributed by atoms with Crippen LogP contribution >= 0.6 is 0 Å². The molecule has 0 aliphatic heterocycles. The highest BCUT2D eigenvalue weighted by Crippen LogP contribution is 2.23. The summed E-state index contributed by atoms with van der Waals surface area (Å²) in [6, 6.07) is 17.6. The van der Waals surface area contributed by atoms with Crippen molar-refractivity contribution in [3.8, 4) is 11.1 Å². The Morgan fingerprint density at radius 1 is 0.917 bits per heavy atom. The second-order valence-electron chi connectivity index (χ2n) is 9.19. The fraction of sp³-hybridized carbons (Fsp3) is 0.250. The van der Waals surface area contributed by atoms with E-state index in [0.717, 1.165) is 11.6 Å². The van der Waals surface area contributed by atoms with Gasteiger partial charge in [-0.3, -0.25) is 10.1 Å². The molecular weight excluding hydrogens is 466 g/mol. The zero-order chi connectivity index (χ0) is 26.3. The molecule has 0 spiro atoms. The first-order chi connectivity index (χ1) is 17.0. The van der Waals surface area contributed by atoms with Crippen molar-refractivity contribution < 1.29 is 27.9 Å². The minimum absolute atomic E-state index is 0.0593. The third-order valence-electron chi connectivity index (χ3n) is 5.53. The van der Waals surface area contributed by atoms with Gasteiger partial charge in [0.25, 0.3) is 0 Å². The van der Waals surface area contributed by atoms with Crippen LogP contribution < -0.4 is 11.1 Å². The number of carbonyl (C=O) groups excluding carboxylic acids is 3. The van der Waals surface area contributed by atoms with Crippen molar-refractivity contribution >= 4 is 17.8 Å². The van der Waals surface area contributed by atoms with Crippen molar-refractivity contribution in [3.63, 3.8) is 0 Å². The number of hydrogen-bond acceptors (Lipinski definition) is 5. The van der Waals surface area contributed by atoms with Gasteiger partial charge in [-0.25, -0.2) is 18.4 Å². The molecule has 0 heterocycles. The summed E-state index contributed by atoms with van der Waals surface area (Å²) >= 11 is 0. The number of ether oxygens (including phenoxy) is 1. The van der Waals surface area contributed by atoms with Crippen LogP contribution in [0.2, 0.25) is 0 Å². The van der Waals surface area contributed by atoms with Crippen LogP contribution in [0.25, 0.3) is 11.1 Å². The SMILES string of the molecule is CC(C)(Cc1ccccc1)N[C@@H](CCC(N)=O)C(=O)OC(=O)c1ccc(-c2cc(F)cc(F)c2)cc1. The largest absolute Gasteiger partial charge is 0.388 e. The molecule has 0 aliphatic carbocycles. The minimum atomic E-state index is -0.949. The molecule has 3 aromatic rings. The second kappa shape index (κ2) is 11.7. The van der Waals surface area contributed by atoms with E-state index in [2.05, 4.69) is 5.32 Å². The Labute approximate surface area is 208 Å². The highest BCUT2D eigenvalue weighted by molar-refractivity contribution is 5.98. The highest BCUT2D eigenvalue weighted by Gasteiger charge is 2.30. The normalized spacial score (nSPS) is 12.1. The van der Waals surface area contributed by atoms with Crippen molar-refractivity contribution in [2.45, 2.75) is 44.7 Å². The van der Waals surface area contributed by atoms with Gasteiger partial charge in [0.05, 0.1) is 5.56 Å². The predicted octanol–water partition coefficient (Wildman–Crippen LogP) is 4.56. The van der Waals surface area contributed by atoms with Gasteiger partial charge in [-0.1, -0.05) is 42.5 Å². The van der Waals surface area contributed by atoms with Crippen LogP contribution in [-0.4, -0.2) is 29.4 Å². The number of nitrogens with two attached hydrogens (primary N) is 1. The number of primary amides is 1. The van der Waals surface area contributed by atoms with Crippen molar-refractivity contribution in [1.82, 2.24) is 5.32 Å². The maximum Gasteiger partial charge on any atom is 0.345 e. The van der Waals surface area contributed by atoms with E-state index in [-0.39, 0.29) is 18.4 Å². The summed E-state index contributed by atoms with van der Waals surface area (Å²) in [5.74, 6) is -3.74. The molecule has 36 heavy (non-hydrogen) atoms. The van der Waals surface area contributed by atoms with E-state index in [9.17, 15) is 23.2 Å². The Hall–Kier alpha value is -3.91. The summed E-state index contributed by atoms with van der Waals surface area (Å²) in [6.45, 7) is 3.81. The molecule has 8 heteroatoms. The lowest BCUT2D eigenvalue weighted by atomic mass is 9.93. The third-order valence-corrected chi connectivity index (χ3v) is 5.53. The summed E-state index contributed by atoms with van der Waals surface area (Å²) in [4.78, 5) is 36.9. The predicted molar refractivity (Wildman–Crippen MR) is 132 cm³/mol. The summed E-state index contributed by atoms with van der Waals surface area (Å²) in [6.07, 6.45) is 0.579. The molecule has 0 aromatic heterocycles. The molecule has 0 saturated carbocycles. The molecule has 1 atom stereocenters. The van der Waals surface area contributed by atoms with E-state index >= 15 is 0 Å². The maximum atomic E-state index is 13.5. The monoisotopic (exact) mass is 494 g/mol. The molecule has 6 nitrogen and oxygen atoms in total. The maximum absolute atomic E-state index is 13.5. The Kier molecular flexibility index (Phi) is 8.66. The molecule has 0 unspecified atom stereocenters. The number of nitrogens with one attached hydrogen (secondary N) is 1. The van der Waals surface area contributed by atoms with Gasteiger partial charge in [-0.2, -0.15) is 0 Å². The van der Waals surface area contributed by atoms with E-state index in [1.165, 1.54) is 36.4 Å². The molecule has 0 radical (unpaired) electrons. The molecule has 0 aliphatic rings. The standard InChI is InChI=1S/C28H28F2N2O4/c1-28(2,17-18-6-4-3-5-7-18)32-24(12-13-25(31)33)27(35)36-26(34)20-10-8-19(9-11-20)21-14-22(29)16-23(30)15-21/h3-11,14-16,24,32H,12-13,17H2,1-2H3,(H2,31,33)/t24-/m0/s1. The van der Waals surface area contributed by atoms with Gasteiger partial charge in [0.2, 0.25) is 5.91 Å². The second-order valence-corrected chi connectivity index (χ2v) is 9.19. The van der Waals surface area contributed by atoms with Crippen molar-refractivity contribution in [3.05, 3.63) is 95.6 Å². The van der Waals surface area contributed by atoms with E-state index in [1.807, 2.05) is 44.2 Å². The van der Waals surface area contributed by atoms with Crippen LogP contribution in [0.5, 0.6) is 0 Å². The van der Waals surface area contributed by atoms with E-state index < -0.39 is 41.1 Å². The molecular formula is C28H28F2N2O4. The van der Waals surface area contributed by atoms with Crippen LogP contribution in [0, 0.1) is 11.6 Å². The van der Waals surface area contributed by atoms with Gasteiger partial charge in [0.1, 0.15) is 17.7 Å².